The normalized spacial score (nSPS) is 14.7. The topological polar surface area (TPSA) is 49.3 Å². The first kappa shape index (κ1) is 17.3. The molecule has 25 heavy (non-hydrogen) atoms. The van der Waals surface area contributed by atoms with Crippen molar-refractivity contribution in [1.82, 2.24) is 14.9 Å². The van der Waals surface area contributed by atoms with Crippen molar-refractivity contribution in [2.45, 2.75) is 27.2 Å². The lowest BCUT2D eigenvalue weighted by molar-refractivity contribution is -0.129. The molecule has 0 aliphatic carbocycles. The minimum atomic E-state index is -0.296. The summed E-state index contributed by atoms with van der Waals surface area (Å²) in [5.74, 6) is 1.25. The van der Waals surface area contributed by atoms with Gasteiger partial charge in [0.2, 0.25) is 5.91 Å². The van der Waals surface area contributed by atoms with Crippen LogP contribution < -0.4 is 4.90 Å². The second-order valence-electron chi connectivity index (χ2n) is 6.29. The highest BCUT2D eigenvalue weighted by molar-refractivity contribution is 5.73. The van der Waals surface area contributed by atoms with Crippen LogP contribution in [0.3, 0.4) is 0 Å². The van der Waals surface area contributed by atoms with Crippen molar-refractivity contribution in [1.29, 1.82) is 0 Å². The summed E-state index contributed by atoms with van der Waals surface area (Å²) in [7, 11) is 0. The van der Waals surface area contributed by atoms with E-state index in [0.717, 1.165) is 36.6 Å². The number of nitrogens with zero attached hydrogens (tertiary/aromatic N) is 4. The second-order valence-corrected chi connectivity index (χ2v) is 6.29. The van der Waals surface area contributed by atoms with Gasteiger partial charge in [0.25, 0.3) is 0 Å². The Bertz CT molecular complexity index is 785. The fraction of sp³-hybridized carbons (Fsp3) is 0.421. The molecule has 132 valence electrons. The van der Waals surface area contributed by atoms with Crippen molar-refractivity contribution in [2.24, 2.45) is 0 Å². The standard InChI is InChI=1S/C19H23FN4O/c1-4-17-13(2)21-18(15-6-5-7-16(20)12-15)22-19(17)24-10-8-23(9-11-24)14(3)25/h5-7,12H,4,8-11H2,1-3H3. The first-order valence-corrected chi connectivity index (χ1v) is 8.63. The highest BCUT2D eigenvalue weighted by atomic mass is 19.1. The Morgan fingerprint density at radius 2 is 1.92 bits per heavy atom. The molecule has 1 aromatic carbocycles. The fourth-order valence-electron chi connectivity index (χ4n) is 3.25. The molecular formula is C19H23FN4O. The highest BCUT2D eigenvalue weighted by Crippen LogP contribution is 2.26. The Hall–Kier alpha value is -2.50. The number of anilines is 1. The zero-order valence-electron chi connectivity index (χ0n) is 14.9. The van der Waals surface area contributed by atoms with Gasteiger partial charge in [-0.1, -0.05) is 19.1 Å². The summed E-state index contributed by atoms with van der Waals surface area (Å²) in [5, 5.41) is 0. The van der Waals surface area contributed by atoms with Crippen LogP contribution in [0.15, 0.2) is 24.3 Å². The second kappa shape index (κ2) is 7.17. The molecule has 1 aromatic heterocycles. The summed E-state index contributed by atoms with van der Waals surface area (Å²) < 4.78 is 13.6. The Kier molecular flexibility index (Phi) is 4.97. The molecule has 1 aliphatic rings. The molecule has 1 saturated heterocycles. The number of amides is 1. The van der Waals surface area contributed by atoms with E-state index in [4.69, 9.17) is 4.98 Å². The Balaban J connectivity index is 1.96. The van der Waals surface area contributed by atoms with Gasteiger partial charge in [0.15, 0.2) is 5.82 Å². The summed E-state index contributed by atoms with van der Waals surface area (Å²) in [4.78, 5) is 24.9. The SMILES string of the molecule is CCc1c(C)nc(-c2cccc(F)c2)nc1N1CCN(C(C)=O)CC1. The first-order chi connectivity index (χ1) is 12.0. The number of aryl methyl sites for hydroxylation is 1. The third-order valence-corrected chi connectivity index (χ3v) is 4.65. The van der Waals surface area contributed by atoms with E-state index < -0.39 is 0 Å². The first-order valence-electron chi connectivity index (χ1n) is 8.63. The van der Waals surface area contributed by atoms with Crippen LogP contribution in [0.1, 0.15) is 25.1 Å². The van der Waals surface area contributed by atoms with Gasteiger partial charge in [0.05, 0.1) is 0 Å². The molecule has 0 saturated carbocycles. The Morgan fingerprint density at radius 3 is 2.52 bits per heavy atom. The lowest BCUT2D eigenvalue weighted by atomic mass is 10.1. The van der Waals surface area contributed by atoms with E-state index in [-0.39, 0.29) is 11.7 Å². The van der Waals surface area contributed by atoms with Gasteiger partial charge in [-0.25, -0.2) is 14.4 Å². The van der Waals surface area contributed by atoms with Crippen molar-refractivity contribution in [3.8, 4) is 11.4 Å². The third kappa shape index (κ3) is 3.62. The van der Waals surface area contributed by atoms with E-state index in [1.807, 2.05) is 17.9 Å². The van der Waals surface area contributed by atoms with Gasteiger partial charge < -0.3 is 9.80 Å². The Labute approximate surface area is 147 Å². The summed E-state index contributed by atoms with van der Waals surface area (Å²) in [6, 6.07) is 6.36. The van der Waals surface area contributed by atoms with Gasteiger partial charge in [-0.05, 0) is 25.5 Å². The van der Waals surface area contributed by atoms with Crippen LogP contribution in [0, 0.1) is 12.7 Å². The fourth-order valence-corrected chi connectivity index (χ4v) is 3.25. The van der Waals surface area contributed by atoms with Gasteiger partial charge in [0.1, 0.15) is 11.6 Å². The number of carbonyl (C=O) groups excluding carboxylic acids is 1. The molecule has 1 amide bonds. The molecule has 5 nitrogen and oxygen atoms in total. The van der Waals surface area contributed by atoms with Gasteiger partial charge >= 0.3 is 0 Å². The lowest BCUT2D eigenvalue weighted by Crippen LogP contribution is -2.48. The molecule has 2 aromatic rings. The third-order valence-electron chi connectivity index (χ3n) is 4.65. The van der Waals surface area contributed by atoms with Gasteiger partial charge in [0, 0.05) is 49.9 Å². The molecule has 0 bridgehead atoms. The number of hydrogen-bond acceptors (Lipinski definition) is 4. The van der Waals surface area contributed by atoms with Crippen LogP contribution in [-0.4, -0.2) is 47.0 Å². The van der Waals surface area contributed by atoms with Crippen LogP contribution in [-0.2, 0) is 11.2 Å². The molecule has 0 atom stereocenters. The van der Waals surface area contributed by atoms with Crippen molar-refractivity contribution >= 4 is 11.7 Å². The summed E-state index contributed by atoms with van der Waals surface area (Å²) in [6.07, 6.45) is 0.831. The zero-order valence-corrected chi connectivity index (χ0v) is 14.9. The average Bonchev–Trinajstić information content (AvgIpc) is 2.61. The molecule has 0 N–H and O–H groups in total. The molecule has 1 fully saturated rings. The predicted octanol–water partition coefficient (Wildman–Crippen LogP) is 2.82. The number of carbonyl (C=O) groups is 1. The highest BCUT2D eigenvalue weighted by Gasteiger charge is 2.23. The van der Waals surface area contributed by atoms with Crippen molar-refractivity contribution in [2.75, 3.05) is 31.1 Å². The molecule has 2 heterocycles. The zero-order chi connectivity index (χ0) is 18.0. The number of halogens is 1. The quantitative estimate of drug-likeness (QED) is 0.861. The summed E-state index contributed by atoms with van der Waals surface area (Å²) in [6.45, 7) is 8.52. The minimum Gasteiger partial charge on any atom is -0.353 e. The van der Waals surface area contributed by atoms with Crippen LogP contribution in [0.25, 0.3) is 11.4 Å². The number of rotatable bonds is 3. The molecule has 0 radical (unpaired) electrons. The average molecular weight is 342 g/mol. The predicted molar refractivity (Wildman–Crippen MR) is 96.0 cm³/mol. The van der Waals surface area contributed by atoms with Crippen LogP contribution >= 0.6 is 0 Å². The molecule has 3 rings (SSSR count). The number of aromatic nitrogens is 2. The van der Waals surface area contributed by atoms with Crippen molar-refractivity contribution < 1.29 is 9.18 Å². The van der Waals surface area contributed by atoms with E-state index in [9.17, 15) is 9.18 Å². The lowest BCUT2D eigenvalue weighted by Gasteiger charge is -2.36. The number of benzene rings is 1. The number of piperazine rings is 1. The summed E-state index contributed by atoms with van der Waals surface area (Å²) in [5.41, 5.74) is 2.70. The van der Waals surface area contributed by atoms with Gasteiger partial charge in [-0.15, -0.1) is 0 Å². The van der Waals surface area contributed by atoms with E-state index in [0.29, 0.717) is 24.5 Å². The number of hydrogen-bond donors (Lipinski definition) is 0. The van der Waals surface area contributed by atoms with Gasteiger partial charge in [-0.2, -0.15) is 0 Å². The van der Waals surface area contributed by atoms with Crippen molar-refractivity contribution in [3.05, 3.63) is 41.3 Å². The largest absolute Gasteiger partial charge is 0.353 e. The maximum Gasteiger partial charge on any atom is 0.219 e. The monoisotopic (exact) mass is 342 g/mol. The van der Waals surface area contributed by atoms with E-state index in [1.54, 1.807) is 13.0 Å². The summed E-state index contributed by atoms with van der Waals surface area (Å²) >= 11 is 0. The van der Waals surface area contributed by atoms with E-state index in [2.05, 4.69) is 16.8 Å². The maximum absolute atomic E-state index is 13.6. The Morgan fingerprint density at radius 1 is 1.20 bits per heavy atom. The van der Waals surface area contributed by atoms with Gasteiger partial charge in [-0.3, -0.25) is 4.79 Å². The molecule has 6 heteroatoms. The van der Waals surface area contributed by atoms with E-state index in [1.165, 1.54) is 12.1 Å². The molecule has 0 unspecified atom stereocenters. The smallest absolute Gasteiger partial charge is 0.219 e. The van der Waals surface area contributed by atoms with Crippen molar-refractivity contribution in [3.63, 3.8) is 0 Å². The van der Waals surface area contributed by atoms with Crippen LogP contribution in [0.5, 0.6) is 0 Å². The molecule has 1 aliphatic heterocycles. The van der Waals surface area contributed by atoms with E-state index >= 15 is 0 Å². The minimum absolute atomic E-state index is 0.106. The molecule has 0 spiro atoms. The molecular weight excluding hydrogens is 319 g/mol. The van der Waals surface area contributed by atoms with Crippen LogP contribution in [0.2, 0.25) is 0 Å². The maximum atomic E-state index is 13.6. The van der Waals surface area contributed by atoms with Crippen LogP contribution in [0.4, 0.5) is 10.2 Å².